The Kier molecular flexibility index (Phi) is 5.48. The monoisotopic (exact) mass is 383 g/mol. The van der Waals surface area contributed by atoms with E-state index >= 15 is 0 Å². The van der Waals surface area contributed by atoms with Crippen molar-refractivity contribution in [3.05, 3.63) is 47.6 Å². The SMILES string of the molecule is CC1C=C(C(N)Nc2ccc(N)cc2)C=C(CCI)C1. The van der Waals surface area contributed by atoms with Gasteiger partial charge in [0.05, 0.1) is 0 Å². The van der Waals surface area contributed by atoms with E-state index in [1.165, 1.54) is 11.1 Å². The van der Waals surface area contributed by atoms with Gasteiger partial charge in [0, 0.05) is 15.8 Å². The van der Waals surface area contributed by atoms with Gasteiger partial charge in [0.2, 0.25) is 0 Å². The van der Waals surface area contributed by atoms with Crippen molar-refractivity contribution in [2.45, 2.75) is 25.9 Å². The molecule has 3 nitrogen and oxygen atoms in total. The fourth-order valence-corrected chi connectivity index (χ4v) is 3.17. The number of nitrogen functional groups attached to an aromatic ring is 1. The molecule has 5 N–H and O–H groups in total. The lowest BCUT2D eigenvalue weighted by molar-refractivity contribution is 0.672. The second-order valence-electron chi connectivity index (χ2n) is 5.33. The Bertz CT molecular complexity index is 505. The number of hydrogen-bond acceptors (Lipinski definition) is 3. The van der Waals surface area contributed by atoms with Crippen LogP contribution in [0.4, 0.5) is 11.4 Å². The first-order chi connectivity index (χ1) is 9.58. The minimum Gasteiger partial charge on any atom is -0.399 e. The fraction of sp³-hybridized carbons (Fsp3) is 0.375. The zero-order valence-electron chi connectivity index (χ0n) is 11.8. The third kappa shape index (κ3) is 4.24. The first kappa shape index (κ1) is 15.4. The lowest BCUT2D eigenvalue weighted by Crippen LogP contribution is -2.32. The van der Waals surface area contributed by atoms with Gasteiger partial charge < -0.3 is 16.8 Å². The van der Waals surface area contributed by atoms with Crippen LogP contribution in [0.3, 0.4) is 0 Å². The second kappa shape index (κ2) is 7.13. The van der Waals surface area contributed by atoms with Crippen molar-refractivity contribution in [1.29, 1.82) is 0 Å². The molecule has 0 radical (unpaired) electrons. The molecule has 0 spiro atoms. The maximum Gasteiger partial charge on any atom is 0.100 e. The Morgan fingerprint density at radius 1 is 1.35 bits per heavy atom. The highest BCUT2D eigenvalue weighted by Gasteiger charge is 2.15. The van der Waals surface area contributed by atoms with Crippen LogP contribution >= 0.6 is 22.6 Å². The van der Waals surface area contributed by atoms with Gasteiger partial charge in [0.1, 0.15) is 6.17 Å². The predicted octanol–water partition coefficient (Wildman–Crippen LogP) is 3.68. The number of nitrogens with two attached hydrogens (primary N) is 2. The highest BCUT2D eigenvalue weighted by atomic mass is 127. The fourth-order valence-electron chi connectivity index (χ4n) is 2.48. The molecule has 1 aliphatic carbocycles. The zero-order chi connectivity index (χ0) is 14.5. The van der Waals surface area contributed by atoms with E-state index in [9.17, 15) is 0 Å². The van der Waals surface area contributed by atoms with Gasteiger partial charge in [0.25, 0.3) is 0 Å². The topological polar surface area (TPSA) is 64.1 Å². The van der Waals surface area contributed by atoms with Gasteiger partial charge in [-0.05, 0) is 48.6 Å². The molecule has 0 heterocycles. The van der Waals surface area contributed by atoms with Gasteiger partial charge in [-0.3, -0.25) is 0 Å². The molecule has 0 saturated heterocycles. The third-order valence-corrected chi connectivity index (χ3v) is 3.98. The Morgan fingerprint density at radius 3 is 2.70 bits per heavy atom. The van der Waals surface area contributed by atoms with Crippen LogP contribution in [-0.2, 0) is 0 Å². The molecule has 2 rings (SSSR count). The summed E-state index contributed by atoms with van der Waals surface area (Å²) in [5, 5.41) is 3.33. The quantitative estimate of drug-likeness (QED) is 0.315. The number of halogens is 1. The van der Waals surface area contributed by atoms with E-state index in [0.717, 1.165) is 28.6 Å². The molecule has 2 unspecified atom stereocenters. The van der Waals surface area contributed by atoms with Crippen LogP contribution in [0.2, 0.25) is 0 Å². The van der Waals surface area contributed by atoms with Gasteiger partial charge in [-0.15, -0.1) is 0 Å². The summed E-state index contributed by atoms with van der Waals surface area (Å²) in [5.74, 6) is 0.562. The predicted molar refractivity (Wildman–Crippen MR) is 95.9 cm³/mol. The Labute approximate surface area is 134 Å². The first-order valence-electron chi connectivity index (χ1n) is 6.93. The summed E-state index contributed by atoms with van der Waals surface area (Å²) in [6.07, 6.45) is 6.66. The molecule has 1 aromatic rings. The molecule has 1 aliphatic rings. The highest BCUT2D eigenvalue weighted by Crippen LogP contribution is 2.26. The summed E-state index contributed by atoms with van der Waals surface area (Å²) in [6.45, 7) is 2.25. The summed E-state index contributed by atoms with van der Waals surface area (Å²) < 4.78 is 1.16. The normalized spacial score (nSPS) is 20.1. The van der Waals surface area contributed by atoms with Crippen molar-refractivity contribution in [2.24, 2.45) is 11.7 Å². The average molecular weight is 383 g/mol. The molecule has 0 amide bonds. The maximum atomic E-state index is 6.28. The van der Waals surface area contributed by atoms with Crippen molar-refractivity contribution in [3.63, 3.8) is 0 Å². The van der Waals surface area contributed by atoms with Gasteiger partial charge in [-0.2, -0.15) is 0 Å². The number of hydrogen-bond donors (Lipinski definition) is 3. The van der Waals surface area contributed by atoms with Crippen LogP contribution in [0.1, 0.15) is 19.8 Å². The second-order valence-corrected chi connectivity index (χ2v) is 6.41. The van der Waals surface area contributed by atoms with Crippen molar-refractivity contribution in [1.82, 2.24) is 0 Å². The van der Waals surface area contributed by atoms with Crippen LogP contribution in [0.25, 0.3) is 0 Å². The van der Waals surface area contributed by atoms with E-state index in [4.69, 9.17) is 11.5 Å². The smallest absolute Gasteiger partial charge is 0.100 e. The molecule has 20 heavy (non-hydrogen) atoms. The minimum absolute atomic E-state index is 0.175. The molecule has 2 atom stereocenters. The maximum absolute atomic E-state index is 6.28. The van der Waals surface area contributed by atoms with E-state index in [-0.39, 0.29) is 6.17 Å². The molecule has 1 aromatic carbocycles. The molecule has 108 valence electrons. The van der Waals surface area contributed by atoms with E-state index in [0.29, 0.717) is 5.92 Å². The summed E-state index contributed by atoms with van der Waals surface area (Å²) in [5.41, 5.74) is 16.4. The van der Waals surface area contributed by atoms with Gasteiger partial charge >= 0.3 is 0 Å². The van der Waals surface area contributed by atoms with E-state index in [1.807, 2.05) is 24.3 Å². The Hall–Kier alpha value is -1.01. The van der Waals surface area contributed by atoms with Crippen molar-refractivity contribution in [2.75, 3.05) is 15.5 Å². The standard InChI is InChI=1S/C16H22IN3/c1-11-8-12(6-7-17)10-13(9-11)16(19)20-15-4-2-14(18)3-5-15/h2-5,9-11,16,20H,6-8,18-19H2,1H3. The molecule has 0 fully saturated rings. The van der Waals surface area contributed by atoms with E-state index in [2.05, 4.69) is 47.0 Å². The summed E-state index contributed by atoms with van der Waals surface area (Å²) in [7, 11) is 0. The third-order valence-electron chi connectivity index (χ3n) is 3.44. The number of allylic oxidation sites excluding steroid dienone is 2. The lowest BCUT2D eigenvalue weighted by Gasteiger charge is -2.24. The summed E-state index contributed by atoms with van der Waals surface area (Å²) in [6, 6.07) is 7.67. The Balaban J connectivity index is 2.07. The molecular formula is C16H22IN3. The van der Waals surface area contributed by atoms with Crippen LogP contribution in [0, 0.1) is 5.92 Å². The largest absolute Gasteiger partial charge is 0.399 e. The molecule has 0 aromatic heterocycles. The highest BCUT2D eigenvalue weighted by molar-refractivity contribution is 14.1. The number of benzene rings is 1. The number of nitrogens with one attached hydrogen (secondary N) is 1. The summed E-state index contributed by atoms with van der Waals surface area (Å²) >= 11 is 2.42. The molecule has 0 aliphatic heterocycles. The molecule has 0 saturated carbocycles. The summed E-state index contributed by atoms with van der Waals surface area (Å²) in [4.78, 5) is 0. The average Bonchev–Trinajstić information content (AvgIpc) is 2.41. The molecule has 0 bridgehead atoms. The number of rotatable bonds is 5. The number of anilines is 2. The van der Waals surface area contributed by atoms with Gasteiger partial charge in [0.15, 0.2) is 0 Å². The lowest BCUT2D eigenvalue weighted by atomic mass is 9.89. The van der Waals surface area contributed by atoms with Gasteiger partial charge in [-0.1, -0.05) is 47.2 Å². The number of alkyl halides is 1. The van der Waals surface area contributed by atoms with Crippen molar-refractivity contribution < 1.29 is 0 Å². The molecular weight excluding hydrogens is 361 g/mol. The Morgan fingerprint density at radius 2 is 2.05 bits per heavy atom. The minimum atomic E-state index is -0.175. The van der Waals surface area contributed by atoms with Crippen molar-refractivity contribution >= 4 is 34.0 Å². The van der Waals surface area contributed by atoms with Crippen LogP contribution in [0.5, 0.6) is 0 Å². The van der Waals surface area contributed by atoms with Crippen LogP contribution in [-0.4, -0.2) is 10.6 Å². The van der Waals surface area contributed by atoms with Gasteiger partial charge in [-0.25, -0.2) is 0 Å². The van der Waals surface area contributed by atoms with Crippen molar-refractivity contribution in [3.8, 4) is 0 Å². The van der Waals surface area contributed by atoms with E-state index in [1.54, 1.807) is 0 Å². The first-order valence-corrected chi connectivity index (χ1v) is 8.46. The van der Waals surface area contributed by atoms with E-state index < -0.39 is 0 Å². The molecule has 4 heteroatoms. The van der Waals surface area contributed by atoms with Crippen LogP contribution < -0.4 is 16.8 Å². The van der Waals surface area contributed by atoms with Crippen LogP contribution in [0.15, 0.2) is 47.6 Å². The zero-order valence-corrected chi connectivity index (χ0v) is 13.9.